The van der Waals surface area contributed by atoms with Crippen molar-refractivity contribution in [3.63, 3.8) is 0 Å². The van der Waals surface area contributed by atoms with E-state index in [4.69, 9.17) is 23.2 Å². The first kappa shape index (κ1) is 15.2. The molecule has 1 rings (SSSR count). The van der Waals surface area contributed by atoms with E-state index in [9.17, 15) is 0 Å². The van der Waals surface area contributed by atoms with Gasteiger partial charge in [-0.1, -0.05) is 36.2 Å². The van der Waals surface area contributed by atoms with Gasteiger partial charge in [0, 0.05) is 27.9 Å². The smallest absolute Gasteiger partial charge is 0.0468 e. The van der Waals surface area contributed by atoms with Crippen LogP contribution < -0.4 is 5.32 Å². The molecule has 0 aliphatic rings. The third-order valence-electron chi connectivity index (χ3n) is 2.54. The molecule has 2 atom stereocenters. The molecule has 1 N–H and O–H groups in total. The van der Waals surface area contributed by atoms with Crippen LogP contribution in [0.25, 0.3) is 0 Å². The minimum Gasteiger partial charge on any atom is -0.307 e. The van der Waals surface area contributed by atoms with Crippen LogP contribution in [-0.4, -0.2) is 17.5 Å². The molecule has 1 nitrogen and oxygen atoms in total. The van der Waals surface area contributed by atoms with Gasteiger partial charge < -0.3 is 5.32 Å². The van der Waals surface area contributed by atoms with E-state index in [2.05, 4.69) is 26.1 Å². The molecule has 2 unspecified atom stereocenters. The summed E-state index contributed by atoms with van der Waals surface area (Å²) in [4.78, 5) is 0. The fraction of sp³-hybridized carbons (Fsp3) is 0.538. The van der Waals surface area contributed by atoms with Crippen molar-refractivity contribution in [3.05, 3.63) is 33.8 Å². The SMILES string of the molecule is CCSCC(C)NC(C)c1ccc(Cl)cc1Cl. The molecule has 0 bridgehead atoms. The molecule has 0 radical (unpaired) electrons. The average molecular weight is 292 g/mol. The van der Waals surface area contributed by atoms with E-state index in [0.29, 0.717) is 11.1 Å². The number of rotatable bonds is 6. The zero-order valence-electron chi connectivity index (χ0n) is 10.5. The van der Waals surface area contributed by atoms with Crippen LogP contribution in [0.15, 0.2) is 18.2 Å². The number of hydrogen-bond donors (Lipinski definition) is 1. The highest BCUT2D eigenvalue weighted by Gasteiger charge is 2.12. The summed E-state index contributed by atoms with van der Waals surface area (Å²) in [5, 5.41) is 4.95. The Morgan fingerprint density at radius 1 is 1.29 bits per heavy atom. The lowest BCUT2D eigenvalue weighted by Gasteiger charge is -2.21. The molecular formula is C13H19Cl2NS. The van der Waals surface area contributed by atoms with Gasteiger partial charge in [-0.2, -0.15) is 11.8 Å². The van der Waals surface area contributed by atoms with Gasteiger partial charge in [0.25, 0.3) is 0 Å². The molecule has 0 fully saturated rings. The minimum absolute atomic E-state index is 0.243. The normalized spacial score (nSPS) is 14.6. The molecule has 0 aliphatic heterocycles. The van der Waals surface area contributed by atoms with Gasteiger partial charge in [0.1, 0.15) is 0 Å². The van der Waals surface area contributed by atoms with Crippen LogP contribution in [0.5, 0.6) is 0 Å². The maximum atomic E-state index is 6.18. The van der Waals surface area contributed by atoms with E-state index < -0.39 is 0 Å². The molecule has 0 aliphatic carbocycles. The quantitative estimate of drug-likeness (QED) is 0.809. The lowest BCUT2D eigenvalue weighted by molar-refractivity contribution is 0.511. The summed E-state index contributed by atoms with van der Waals surface area (Å²) in [7, 11) is 0. The third-order valence-corrected chi connectivity index (χ3v) is 4.24. The molecule has 0 aromatic heterocycles. The molecule has 0 spiro atoms. The maximum absolute atomic E-state index is 6.18. The van der Waals surface area contributed by atoms with E-state index in [0.717, 1.165) is 22.1 Å². The van der Waals surface area contributed by atoms with E-state index in [-0.39, 0.29) is 6.04 Å². The lowest BCUT2D eigenvalue weighted by Crippen LogP contribution is -2.31. The van der Waals surface area contributed by atoms with Gasteiger partial charge in [0.05, 0.1) is 0 Å². The summed E-state index contributed by atoms with van der Waals surface area (Å²) in [6.45, 7) is 6.50. The fourth-order valence-corrected chi connectivity index (χ4v) is 2.97. The van der Waals surface area contributed by atoms with Crippen molar-refractivity contribution < 1.29 is 0 Å². The zero-order valence-corrected chi connectivity index (χ0v) is 12.8. The summed E-state index contributed by atoms with van der Waals surface area (Å²) >= 11 is 14.0. The van der Waals surface area contributed by atoms with E-state index >= 15 is 0 Å². The van der Waals surface area contributed by atoms with Crippen molar-refractivity contribution >= 4 is 35.0 Å². The van der Waals surface area contributed by atoms with Crippen LogP contribution in [-0.2, 0) is 0 Å². The Hall–Kier alpha value is 0.110. The molecule has 1 aromatic rings. The Labute approximate surface area is 118 Å². The van der Waals surface area contributed by atoms with Gasteiger partial charge in [-0.15, -0.1) is 0 Å². The van der Waals surface area contributed by atoms with Crippen molar-refractivity contribution in [2.75, 3.05) is 11.5 Å². The van der Waals surface area contributed by atoms with Gasteiger partial charge in [-0.25, -0.2) is 0 Å². The summed E-state index contributed by atoms with van der Waals surface area (Å²) in [5.74, 6) is 2.27. The van der Waals surface area contributed by atoms with Crippen molar-refractivity contribution in [1.29, 1.82) is 0 Å². The van der Waals surface area contributed by atoms with Crippen LogP contribution in [0.1, 0.15) is 32.4 Å². The predicted molar refractivity (Wildman–Crippen MR) is 80.5 cm³/mol. The number of thioether (sulfide) groups is 1. The van der Waals surface area contributed by atoms with Crippen molar-refractivity contribution in [2.45, 2.75) is 32.9 Å². The summed E-state index contributed by atoms with van der Waals surface area (Å²) in [6.07, 6.45) is 0. The van der Waals surface area contributed by atoms with E-state index in [1.807, 2.05) is 23.9 Å². The molecule has 0 saturated heterocycles. The van der Waals surface area contributed by atoms with Crippen molar-refractivity contribution in [3.8, 4) is 0 Å². The zero-order chi connectivity index (χ0) is 12.8. The highest BCUT2D eigenvalue weighted by Crippen LogP contribution is 2.26. The van der Waals surface area contributed by atoms with Crippen molar-refractivity contribution in [1.82, 2.24) is 5.32 Å². The summed E-state index contributed by atoms with van der Waals surface area (Å²) < 4.78 is 0. The molecule has 96 valence electrons. The molecule has 0 amide bonds. The predicted octanol–water partition coefficient (Wildman–Crippen LogP) is 4.79. The number of hydrogen-bond acceptors (Lipinski definition) is 2. The molecule has 0 saturated carbocycles. The Balaban J connectivity index is 2.60. The van der Waals surface area contributed by atoms with Crippen LogP contribution >= 0.6 is 35.0 Å². The lowest BCUT2D eigenvalue weighted by atomic mass is 10.1. The van der Waals surface area contributed by atoms with Crippen LogP contribution in [0.3, 0.4) is 0 Å². The molecule has 0 heterocycles. The number of benzene rings is 1. The second-order valence-electron chi connectivity index (χ2n) is 4.11. The Morgan fingerprint density at radius 2 is 2.00 bits per heavy atom. The van der Waals surface area contributed by atoms with Gasteiger partial charge in [0.15, 0.2) is 0 Å². The van der Waals surface area contributed by atoms with Crippen molar-refractivity contribution in [2.24, 2.45) is 0 Å². The molecule has 4 heteroatoms. The van der Waals surface area contributed by atoms with Crippen LogP contribution in [0.4, 0.5) is 0 Å². The fourth-order valence-electron chi connectivity index (χ4n) is 1.71. The monoisotopic (exact) mass is 291 g/mol. The first-order valence-electron chi connectivity index (χ1n) is 5.83. The minimum atomic E-state index is 0.243. The third kappa shape index (κ3) is 5.09. The summed E-state index contributed by atoms with van der Waals surface area (Å²) in [5.41, 5.74) is 1.10. The highest BCUT2D eigenvalue weighted by atomic mass is 35.5. The topological polar surface area (TPSA) is 12.0 Å². The van der Waals surface area contributed by atoms with Gasteiger partial charge in [-0.3, -0.25) is 0 Å². The van der Waals surface area contributed by atoms with Gasteiger partial charge in [-0.05, 0) is 37.3 Å². The first-order chi connectivity index (χ1) is 8.04. The van der Waals surface area contributed by atoms with Crippen LogP contribution in [0, 0.1) is 0 Å². The van der Waals surface area contributed by atoms with E-state index in [1.54, 1.807) is 6.07 Å². The van der Waals surface area contributed by atoms with E-state index in [1.165, 1.54) is 0 Å². The van der Waals surface area contributed by atoms with Gasteiger partial charge in [0.2, 0.25) is 0 Å². The highest BCUT2D eigenvalue weighted by molar-refractivity contribution is 7.99. The number of halogens is 2. The second-order valence-corrected chi connectivity index (χ2v) is 6.28. The molecule has 17 heavy (non-hydrogen) atoms. The van der Waals surface area contributed by atoms with Gasteiger partial charge >= 0.3 is 0 Å². The Kier molecular flexibility index (Phi) is 6.71. The Bertz CT molecular complexity index is 357. The standard InChI is InChI=1S/C13H19Cl2NS/c1-4-17-8-9(2)16-10(3)12-6-5-11(14)7-13(12)15/h5-7,9-10,16H,4,8H2,1-3H3. The summed E-state index contributed by atoms with van der Waals surface area (Å²) in [6, 6.07) is 6.38. The maximum Gasteiger partial charge on any atom is 0.0468 e. The molecule has 1 aromatic carbocycles. The number of nitrogens with one attached hydrogen (secondary N) is 1. The molecular weight excluding hydrogens is 273 g/mol. The first-order valence-corrected chi connectivity index (χ1v) is 7.74. The largest absolute Gasteiger partial charge is 0.307 e. The van der Waals surface area contributed by atoms with Crippen LogP contribution in [0.2, 0.25) is 10.0 Å². The Morgan fingerprint density at radius 3 is 2.59 bits per heavy atom. The second kappa shape index (κ2) is 7.52. The average Bonchev–Trinajstić information content (AvgIpc) is 2.26.